The highest BCUT2D eigenvalue weighted by atomic mass is 16.6. The molecule has 0 radical (unpaired) electrons. The summed E-state index contributed by atoms with van der Waals surface area (Å²) in [6.45, 7) is 2.79. The summed E-state index contributed by atoms with van der Waals surface area (Å²) in [6, 6.07) is 3.15. The van der Waals surface area contributed by atoms with E-state index < -0.39 is 59.6 Å². The fourth-order valence-corrected chi connectivity index (χ4v) is 6.44. The minimum atomic E-state index is -1.72. The number of aromatic hydroxyl groups is 1. The number of likely N-dealkylation sites (N-methyl/N-ethyl adjacent to an activating group) is 1. The van der Waals surface area contributed by atoms with Gasteiger partial charge in [0.25, 0.3) is 0 Å². The lowest BCUT2D eigenvalue weighted by Gasteiger charge is -2.61. The molecule has 12 heteroatoms. The number of rotatable bonds is 7. The van der Waals surface area contributed by atoms with Crippen LogP contribution in [0.5, 0.6) is 11.5 Å². The number of hydrogen-bond donors (Lipinski definition) is 3. The van der Waals surface area contributed by atoms with E-state index in [1.165, 1.54) is 0 Å². The normalized spacial score (nSPS) is 30.2. The zero-order chi connectivity index (χ0) is 27.6. The standard InChI is InChI=1S/C26H29NO11/c1-12(23(31)32)35-24(33)17(36-13(2)28)11-19(30)37-16-6-7-26(34)18-10-14-4-5-15(29)21-20(14)25(26,22(16)38-21)8-9-27(18)3/h4-6,12,17-18,22,29,34H,7-11H2,1-3H3,(H,31,32)/t12-,17-,18-,22+,25+,26-/m0/s1. The molecule has 2 heterocycles. The smallest absolute Gasteiger partial charge is 0.348 e. The van der Waals surface area contributed by atoms with Gasteiger partial charge in [0.15, 0.2) is 23.7 Å². The molecular formula is C26H29NO11. The number of aliphatic carboxylic acids is 1. The number of piperidine rings is 1. The maximum Gasteiger partial charge on any atom is 0.348 e. The first-order valence-electron chi connectivity index (χ1n) is 12.3. The van der Waals surface area contributed by atoms with Crippen LogP contribution in [0.3, 0.4) is 0 Å². The summed E-state index contributed by atoms with van der Waals surface area (Å²) >= 11 is 0. The third kappa shape index (κ3) is 3.73. The first kappa shape index (κ1) is 26.0. The van der Waals surface area contributed by atoms with E-state index in [-0.39, 0.29) is 29.7 Å². The molecule has 6 atom stereocenters. The van der Waals surface area contributed by atoms with Crippen molar-refractivity contribution in [3.8, 4) is 11.5 Å². The summed E-state index contributed by atoms with van der Waals surface area (Å²) in [5, 5.41) is 31.7. The van der Waals surface area contributed by atoms with Crippen LogP contribution in [-0.4, -0.2) is 87.6 Å². The summed E-state index contributed by atoms with van der Waals surface area (Å²) in [4.78, 5) is 50.1. The molecule has 2 bridgehead atoms. The van der Waals surface area contributed by atoms with Crippen LogP contribution < -0.4 is 4.74 Å². The lowest BCUT2D eigenvalue weighted by molar-refractivity contribution is -0.179. The van der Waals surface area contributed by atoms with Gasteiger partial charge < -0.3 is 39.2 Å². The van der Waals surface area contributed by atoms with Gasteiger partial charge in [-0.2, -0.15) is 0 Å². The predicted molar refractivity (Wildman–Crippen MR) is 126 cm³/mol. The van der Waals surface area contributed by atoms with Gasteiger partial charge in [0.05, 0.1) is 17.4 Å². The summed E-state index contributed by atoms with van der Waals surface area (Å²) in [6.07, 6.45) is -2.12. The number of aliphatic hydroxyl groups is 1. The largest absolute Gasteiger partial charge is 0.504 e. The van der Waals surface area contributed by atoms with Crippen molar-refractivity contribution in [2.24, 2.45) is 0 Å². The molecule has 204 valence electrons. The molecule has 3 N–H and O–H groups in total. The van der Waals surface area contributed by atoms with Crippen molar-refractivity contribution in [2.45, 2.75) is 74.9 Å². The van der Waals surface area contributed by atoms with Crippen molar-refractivity contribution in [3.05, 3.63) is 35.1 Å². The average Bonchev–Trinajstić information content (AvgIpc) is 3.20. The van der Waals surface area contributed by atoms with Gasteiger partial charge >= 0.3 is 23.9 Å². The molecule has 0 aromatic heterocycles. The van der Waals surface area contributed by atoms with Gasteiger partial charge in [-0.3, -0.25) is 9.59 Å². The van der Waals surface area contributed by atoms with Crippen LogP contribution in [0.4, 0.5) is 0 Å². The Kier molecular flexibility index (Phi) is 6.14. The van der Waals surface area contributed by atoms with Crippen molar-refractivity contribution in [1.82, 2.24) is 4.90 Å². The van der Waals surface area contributed by atoms with Crippen LogP contribution in [-0.2, 0) is 45.2 Å². The molecule has 1 spiro atoms. The minimum absolute atomic E-state index is 0.0804. The highest BCUT2D eigenvalue weighted by molar-refractivity contribution is 5.86. The van der Waals surface area contributed by atoms with E-state index in [0.717, 1.165) is 25.0 Å². The molecule has 2 aliphatic heterocycles. The van der Waals surface area contributed by atoms with Gasteiger partial charge in [-0.1, -0.05) is 6.07 Å². The van der Waals surface area contributed by atoms with Gasteiger partial charge in [0.1, 0.15) is 5.76 Å². The predicted octanol–water partition coefficient (Wildman–Crippen LogP) is 0.551. The Labute approximate surface area is 217 Å². The van der Waals surface area contributed by atoms with Gasteiger partial charge in [0.2, 0.25) is 6.10 Å². The van der Waals surface area contributed by atoms with E-state index in [4.69, 9.17) is 24.1 Å². The van der Waals surface area contributed by atoms with Crippen LogP contribution in [0.25, 0.3) is 0 Å². The molecule has 38 heavy (non-hydrogen) atoms. The second-order valence-corrected chi connectivity index (χ2v) is 10.3. The Morgan fingerprint density at radius 2 is 1.97 bits per heavy atom. The number of esters is 3. The molecule has 0 saturated carbocycles. The van der Waals surface area contributed by atoms with Gasteiger partial charge in [0, 0.05) is 24.9 Å². The molecule has 0 unspecified atom stereocenters. The number of phenols is 1. The number of nitrogens with zero attached hydrogens (tertiary/aromatic N) is 1. The molecule has 1 saturated heterocycles. The van der Waals surface area contributed by atoms with E-state index in [1.807, 2.05) is 13.1 Å². The van der Waals surface area contributed by atoms with Crippen LogP contribution in [0, 0.1) is 0 Å². The first-order valence-corrected chi connectivity index (χ1v) is 12.3. The Balaban J connectivity index is 1.43. The van der Waals surface area contributed by atoms with E-state index in [9.17, 15) is 29.4 Å². The lowest BCUT2D eigenvalue weighted by atomic mass is 9.50. The Bertz CT molecular complexity index is 1260. The molecule has 2 aliphatic carbocycles. The van der Waals surface area contributed by atoms with Gasteiger partial charge in [-0.15, -0.1) is 0 Å². The highest BCUT2D eigenvalue weighted by Crippen LogP contribution is 2.65. The second kappa shape index (κ2) is 8.98. The summed E-state index contributed by atoms with van der Waals surface area (Å²) in [5.41, 5.74) is -0.551. The zero-order valence-electron chi connectivity index (χ0n) is 21.1. The fourth-order valence-electron chi connectivity index (χ4n) is 6.44. The van der Waals surface area contributed by atoms with E-state index >= 15 is 0 Å². The molecular weight excluding hydrogens is 502 g/mol. The van der Waals surface area contributed by atoms with Crippen molar-refractivity contribution in [3.63, 3.8) is 0 Å². The summed E-state index contributed by atoms with van der Waals surface area (Å²) in [5.74, 6) is -4.16. The third-order valence-corrected chi connectivity index (χ3v) is 8.15. The van der Waals surface area contributed by atoms with Gasteiger partial charge in [-0.25, -0.2) is 9.59 Å². The number of phenolic OH excluding ortho intramolecular Hbond substituents is 1. The molecule has 1 aromatic rings. The van der Waals surface area contributed by atoms with E-state index in [1.54, 1.807) is 12.1 Å². The second-order valence-electron chi connectivity index (χ2n) is 10.3. The molecule has 12 nitrogen and oxygen atoms in total. The molecule has 0 amide bonds. The number of carbonyl (C=O) groups is 4. The molecule has 1 aromatic carbocycles. The summed E-state index contributed by atoms with van der Waals surface area (Å²) in [7, 11) is 1.95. The summed E-state index contributed by atoms with van der Waals surface area (Å²) < 4.78 is 21.5. The van der Waals surface area contributed by atoms with Crippen LogP contribution >= 0.6 is 0 Å². The van der Waals surface area contributed by atoms with E-state index in [2.05, 4.69) is 4.90 Å². The van der Waals surface area contributed by atoms with Crippen molar-refractivity contribution in [1.29, 1.82) is 0 Å². The maximum absolute atomic E-state index is 13.0. The number of carboxylic acid groups (broad SMARTS) is 1. The third-order valence-electron chi connectivity index (χ3n) is 8.15. The highest BCUT2D eigenvalue weighted by Gasteiger charge is 2.72. The maximum atomic E-state index is 13.0. The first-order chi connectivity index (χ1) is 17.9. The number of carbonyl (C=O) groups excluding carboxylic acids is 3. The minimum Gasteiger partial charge on any atom is -0.504 e. The number of hydrogen-bond acceptors (Lipinski definition) is 11. The number of likely N-dealkylation sites (tertiary alicyclic amines) is 1. The molecule has 5 rings (SSSR count). The lowest BCUT2D eigenvalue weighted by Crippen LogP contribution is -2.74. The topological polar surface area (TPSA) is 169 Å². The van der Waals surface area contributed by atoms with Crippen LogP contribution in [0.2, 0.25) is 0 Å². The number of ether oxygens (including phenoxy) is 4. The van der Waals surface area contributed by atoms with Crippen molar-refractivity contribution < 1.29 is 53.4 Å². The number of carboxylic acids is 1. The monoisotopic (exact) mass is 531 g/mol. The Hall–Kier alpha value is -3.64. The molecule has 1 fully saturated rings. The van der Waals surface area contributed by atoms with Crippen molar-refractivity contribution >= 4 is 23.9 Å². The van der Waals surface area contributed by atoms with E-state index in [0.29, 0.717) is 19.4 Å². The van der Waals surface area contributed by atoms with Crippen molar-refractivity contribution in [2.75, 3.05) is 13.6 Å². The fraction of sp³-hybridized carbons (Fsp3) is 0.538. The zero-order valence-corrected chi connectivity index (χ0v) is 21.1. The van der Waals surface area contributed by atoms with Crippen LogP contribution in [0.1, 0.15) is 44.2 Å². The SMILES string of the molecule is CC(=O)O[C@@H](CC(=O)OC1=CC[C@]2(O)[C@@H]3Cc4ccc(O)c5c4[C@]2(CCN3C)[C@@H]1O5)C(=O)O[C@@H](C)C(=O)O. The average molecular weight is 532 g/mol. The molecule has 4 aliphatic rings. The quantitative estimate of drug-likeness (QED) is 0.330. The van der Waals surface area contributed by atoms with Gasteiger partial charge in [-0.05, 0) is 51.1 Å². The Morgan fingerprint density at radius 3 is 2.66 bits per heavy atom. The van der Waals surface area contributed by atoms with Crippen LogP contribution in [0.15, 0.2) is 24.0 Å². The number of benzene rings is 1. The Morgan fingerprint density at radius 1 is 1.24 bits per heavy atom.